The van der Waals surface area contributed by atoms with E-state index in [0.717, 1.165) is 21.5 Å². The molecule has 0 unspecified atom stereocenters. The largest absolute Gasteiger partial charge is 0.288 e. The van der Waals surface area contributed by atoms with Crippen molar-refractivity contribution in [2.75, 3.05) is 6.54 Å². The van der Waals surface area contributed by atoms with E-state index in [1.807, 2.05) is 73.7 Å². The van der Waals surface area contributed by atoms with Crippen LogP contribution in [0.25, 0.3) is 0 Å². The fourth-order valence-electron chi connectivity index (χ4n) is 4.29. The first kappa shape index (κ1) is 27.1. The summed E-state index contributed by atoms with van der Waals surface area (Å²) in [5.74, 6) is 0. The predicted octanol–water partition coefficient (Wildman–Crippen LogP) is 5.87. The van der Waals surface area contributed by atoms with Gasteiger partial charge in [-0.3, -0.25) is 4.74 Å². The van der Waals surface area contributed by atoms with E-state index in [-0.39, 0.29) is 10.3 Å². The summed E-state index contributed by atoms with van der Waals surface area (Å²) in [7, 11) is -6.15. The molecule has 4 aromatic carbocycles. The number of nitrogens with zero attached hydrogens (tertiary/aromatic N) is 1. The van der Waals surface area contributed by atoms with Crippen LogP contribution in [-0.4, -0.2) is 21.0 Å². The van der Waals surface area contributed by atoms with Gasteiger partial charge in [0.05, 0.1) is 18.5 Å². The van der Waals surface area contributed by atoms with Crippen molar-refractivity contribution in [2.24, 2.45) is 10.2 Å². The second-order valence-corrected chi connectivity index (χ2v) is 15.1. The molecule has 0 aliphatic heterocycles. The van der Waals surface area contributed by atoms with Crippen LogP contribution in [0.1, 0.15) is 26.3 Å². The van der Waals surface area contributed by atoms with Gasteiger partial charge in [0.15, 0.2) is 0 Å². The zero-order valence-electron chi connectivity index (χ0n) is 21.9. The number of aryl methyl sites for hydroxylation is 1. The Morgan fingerprint density at radius 2 is 1.11 bits per heavy atom. The van der Waals surface area contributed by atoms with Gasteiger partial charge in [-0.25, -0.2) is 13.1 Å². The van der Waals surface area contributed by atoms with E-state index in [4.69, 9.17) is 4.74 Å². The lowest BCUT2D eigenvalue weighted by Crippen LogP contribution is -2.46. The van der Waals surface area contributed by atoms with Crippen LogP contribution in [-0.2, 0) is 10.0 Å². The molecule has 0 aromatic heterocycles. The van der Waals surface area contributed by atoms with Gasteiger partial charge >= 0.3 is 0 Å². The molecule has 0 bridgehead atoms. The Labute approximate surface area is 221 Å². The topological polar surface area (TPSA) is 58.5 Å². The highest BCUT2D eigenvalue weighted by Gasteiger charge is 2.32. The summed E-state index contributed by atoms with van der Waals surface area (Å²) in [6.07, 6.45) is 0. The van der Waals surface area contributed by atoms with E-state index in [0.29, 0.717) is 6.54 Å². The number of nitrogens with one attached hydrogen (secondary N) is 1. The molecule has 0 saturated carbocycles. The van der Waals surface area contributed by atoms with E-state index in [1.54, 1.807) is 12.1 Å². The van der Waals surface area contributed by atoms with Gasteiger partial charge in [-0.15, -0.1) is 0 Å². The molecule has 4 aromatic rings. The third-order valence-electron chi connectivity index (χ3n) is 6.54. The summed E-state index contributed by atoms with van der Waals surface area (Å²) in [6, 6.07) is 37.7. The predicted molar refractivity (Wildman–Crippen MR) is 157 cm³/mol. The van der Waals surface area contributed by atoms with Crippen molar-refractivity contribution in [2.45, 2.75) is 38.6 Å². The van der Waals surface area contributed by atoms with Gasteiger partial charge in [-0.1, -0.05) is 129 Å². The van der Waals surface area contributed by atoms with Crippen molar-refractivity contribution in [1.29, 1.82) is 0 Å². The summed E-state index contributed by atoms with van der Waals surface area (Å²) in [5.41, 5.74) is 0.658. The minimum Gasteiger partial charge on any atom is -0.288 e. The molecule has 0 fully saturated rings. The first-order chi connectivity index (χ1) is 17.6. The molecule has 4 rings (SSSR count). The lowest BCUT2D eigenvalue weighted by Gasteiger charge is -2.33. The van der Waals surface area contributed by atoms with Crippen molar-refractivity contribution in [1.82, 2.24) is 4.72 Å². The lowest BCUT2D eigenvalue weighted by atomic mass is 9.88. The Morgan fingerprint density at radius 3 is 1.49 bits per heavy atom. The molecule has 0 saturated heterocycles. The van der Waals surface area contributed by atoms with Crippen molar-refractivity contribution in [3.05, 3.63) is 121 Å². The van der Waals surface area contributed by atoms with E-state index < -0.39 is 23.1 Å². The molecule has 0 radical (unpaired) electrons. The molecule has 0 spiro atoms. The summed E-state index contributed by atoms with van der Waals surface area (Å²) in [4.78, 5) is 0.266. The maximum absolute atomic E-state index is 13.4. The smallest absolute Gasteiger partial charge is 0.240 e. The average Bonchev–Trinajstić information content (AvgIpc) is 2.90. The second-order valence-electron chi connectivity index (χ2n) is 10.3. The highest BCUT2D eigenvalue weighted by molar-refractivity contribution is 7.89. The van der Waals surface area contributed by atoms with Crippen molar-refractivity contribution >= 4 is 33.0 Å². The highest BCUT2D eigenvalue weighted by Crippen LogP contribution is 2.46. The quantitative estimate of drug-likeness (QED) is 0.290. The monoisotopic (exact) mass is 530 g/mol. The fraction of sp³-hybridized carbons (Fsp3) is 0.226. The second kappa shape index (κ2) is 11.2. The Kier molecular flexibility index (Phi) is 8.18. The molecule has 4 nitrogen and oxygen atoms in total. The summed E-state index contributed by atoms with van der Waals surface area (Å²) in [6.45, 7) is 8.44. The lowest BCUT2D eigenvalue weighted by molar-refractivity contribution is 0.305. The summed E-state index contributed by atoms with van der Waals surface area (Å²) >= 11 is 0. The number of hydrogen-bond acceptors (Lipinski definition) is 3. The number of hydrogen-bond donors (Lipinski definition) is 1. The molecular formula is C31H35N2O2PS. The zero-order valence-corrected chi connectivity index (χ0v) is 23.6. The Bertz CT molecular complexity index is 1360. The highest BCUT2D eigenvalue weighted by atomic mass is 32.2. The van der Waals surface area contributed by atoms with Gasteiger partial charge < -0.3 is 0 Å². The van der Waals surface area contributed by atoms with Gasteiger partial charge in [-0.2, -0.15) is 0 Å². The van der Waals surface area contributed by atoms with Crippen LogP contribution in [0.15, 0.2) is 125 Å². The van der Waals surface area contributed by atoms with E-state index in [1.165, 1.54) is 0 Å². The molecule has 6 heteroatoms. The van der Waals surface area contributed by atoms with Crippen LogP contribution in [0.2, 0.25) is 0 Å². The summed E-state index contributed by atoms with van der Waals surface area (Å²) in [5, 5.41) is 3.42. The molecule has 0 aliphatic carbocycles. The van der Waals surface area contributed by atoms with E-state index >= 15 is 0 Å². The van der Waals surface area contributed by atoms with Crippen LogP contribution in [0.4, 0.5) is 0 Å². The Balaban J connectivity index is 1.88. The van der Waals surface area contributed by atoms with Crippen molar-refractivity contribution < 1.29 is 8.42 Å². The molecule has 0 heterocycles. The average molecular weight is 531 g/mol. The van der Waals surface area contributed by atoms with Crippen LogP contribution in [0.3, 0.4) is 0 Å². The van der Waals surface area contributed by atoms with Crippen LogP contribution < -0.4 is 20.6 Å². The molecular weight excluding hydrogens is 495 g/mol. The minimum absolute atomic E-state index is 0.266. The van der Waals surface area contributed by atoms with E-state index in [9.17, 15) is 8.42 Å². The van der Waals surface area contributed by atoms with Crippen LogP contribution >= 0.6 is 7.05 Å². The third kappa shape index (κ3) is 6.13. The SMILES string of the molecule is Cc1ccc(S(=O)(=O)N[C@H](CN=P(c2ccccc2)(c2ccccc2)c2ccccc2)C(C)(C)C)cc1. The first-order valence-electron chi connectivity index (χ1n) is 12.5. The number of rotatable bonds is 8. The maximum Gasteiger partial charge on any atom is 0.240 e. The van der Waals surface area contributed by atoms with Gasteiger partial charge in [0.25, 0.3) is 0 Å². The molecule has 0 amide bonds. The molecule has 1 N–H and O–H groups in total. The minimum atomic E-state index is -3.72. The number of benzene rings is 4. The number of sulfonamides is 1. The standard InChI is InChI=1S/C31H35N2O2PS/c1-25-20-22-29(23-21-25)37(34,35)33-30(31(2,3)4)24-32-36(26-14-8-5-9-15-26,27-16-10-6-11-17-27)28-18-12-7-13-19-28/h5-23,30,33H,24H2,1-4H3/t30-/m1/s1. The molecule has 0 aliphatic rings. The zero-order chi connectivity index (χ0) is 26.5. The fourth-order valence-corrected chi connectivity index (χ4v) is 9.32. The molecule has 192 valence electrons. The van der Waals surface area contributed by atoms with Gasteiger partial charge in [0.1, 0.15) is 0 Å². The Hall–Kier alpha value is -2.98. The normalized spacial score (nSPS) is 13.2. The van der Waals surface area contributed by atoms with Crippen molar-refractivity contribution in [3.8, 4) is 0 Å². The van der Waals surface area contributed by atoms with Gasteiger partial charge in [0.2, 0.25) is 10.0 Å². The maximum atomic E-state index is 13.4. The van der Waals surface area contributed by atoms with Gasteiger partial charge in [0, 0.05) is 22.0 Å². The van der Waals surface area contributed by atoms with E-state index in [2.05, 4.69) is 61.9 Å². The van der Waals surface area contributed by atoms with Gasteiger partial charge in [-0.05, 0) is 24.5 Å². The molecule has 37 heavy (non-hydrogen) atoms. The molecule has 1 atom stereocenters. The van der Waals surface area contributed by atoms with Crippen molar-refractivity contribution in [3.63, 3.8) is 0 Å². The Morgan fingerprint density at radius 1 is 0.703 bits per heavy atom. The van der Waals surface area contributed by atoms with Crippen LogP contribution in [0, 0.1) is 12.3 Å². The third-order valence-corrected chi connectivity index (χ3v) is 11.8. The first-order valence-corrected chi connectivity index (χ1v) is 15.7. The summed E-state index contributed by atoms with van der Waals surface area (Å²) < 4.78 is 35.3. The van der Waals surface area contributed by atoms with Crippen LogP contribution in [0.5, 0.6) is 0 Å².